The van der Waals surface area contributed by atoms with Crippen molar-refractivity contribution in [3.63, 3.8) is 0 Å². The Balaban J connectivity index is 1.19. The molecule has 5 atom stereocenters. The summed E-state index contributed by atoms with van der Waals surface area (Å²) in [4.78, 5) is 0. The topological polar surface area (TPSA) is 27.7 Å². The summed E-state index contributed by atoms with van der Waals surface area (Å²) in [7, 11) is 0. The van der Waals surface area contributed by atoms with Crippen molar-refractivity contribution in [2.24, 2.45) is 17.8 Å². The molecule has 2 aromatic carbocycles. The molecule has 2 aromatic rings. The van der Waals surface area contributed by atoms with E-state index in [-0.39, 0.29) is 6.29 Å². The SMILES string of the molecule is CCC(C)c1ccc(OC(OCCOc2ccc(C3CCCCC3)cc2)C2CCCC3CCCCC32)cc1. The number of fused-ring (bicyclic) bond motifs is 1. The number of hydrogen-bond acceptors (Lipinski definition) is 3. The van der Waals surface area contributed by atoms with E-state index in [9.17, 15) is 0 Å². The number of benzene rings is 2. The fourth-order valence-electron chi connectivity index (χ4n) is 7.41. The van der Waals surface area contributed by atoms with Gasteiger partial charge in [0.1, 0.15) is 18.1 Å². The molecule has 0 radical (unpaired) electrons. The molecule has 38 heavy (non-hydrogen) atoms. The van der Waals surface area contributed by atoms with E-state index < -0.39 is 0 Å². The summed E-state index contributed by atoms with van der Waals surface area (Å²) in [6, 6.07) is 17.6. The van der Waals surface area contributed by atoms with Gasteiger partial charge in [0.15, 0.2) is 0 Å². The molecule has 0 aliphatic heterocycles. The van der Waals surface area contributed by atoms with Crippen LogP contribution in [-0.4, -0.2) is 19.5 Å². The zero-order valence-electron chi connectivity index (χ0n) is 23.9. The van der Waals surface area contributed by atoms with Crippen LogP contribution in [0.5, 0.6) is 11.5 Å². The molecule has 208 valence electrons. The number of ether oxygens (including phenoxy) is 3. The minimum Gasteiger partial charge on any atom is -0.491 e. The molecule has 3 nitrogen and oxygen atoms in total. The van der Waals surface area contributed by atoms with Crippen molar-refractivity contribution in [2.45, 2.75) is 115 Å². The third-order valence-corrected chi connectivity index (χ3v) is 9.88. The first-order valence-corrected chi connectivity index (χ1v) is 15.8. The fourth-order valence-corrected chi connectivity index (χ4v) is 7.41. The summed E-state index contributed by atoms with van der Waals surface area (Å²) in [6.45, 7) is 5.64. The van der Waals surface area contributed by atoms with Gasteiger partial charge in [-0.1, -0.05) is 89.5 Å². The van der Waals surface area contributed by atoms with E-state index in [0.29, 0.717) is 25.0 Å². The molecule has 0 heterocycles. The highest BCUT2D eigenvalue weighted by Crippen LogP contribution is 2.46. The van der Waals surface area contributed by atoms with Gasteiger partial charge in [0, 0.05) is 5.92 Å². The molecule has 0 spiro atoms. The smallest absolute Gasteiger partial charge is 0.203 e. The van der Waals surface area contributed by atoms with Gasteiger partial charge in [-0.15, -0.1) is 0 Å². The summed E-state index contributed by atoms with van der Waals surface area (Å²) in [5, 5.41) is 0. The zero-order valence-corrected chi connectivity index (χ0v) is 23.9. The largest absolute Gasteiger partial charge is 0.491 e. The highest BCUT2D eigenvalue weighted by molar-refractivity contribution is 5.30. The van der Waals surface area contributed by atoms with Gasteiger partial charge in [-0.3, -0.25) is 0 Å². The number of rotatable bonds is 11. The normalized spacial score (nSPS) is 25.8. The van der Waals surface area contributed by atoms with E-state index in [4.69, 9.17) is 14.2 Å². The molecule has 3 heteroatoms. The first-order valence-electron chi connectivity index (χ1n) is 15.8. The van der Waals surface area contributed by atoms with E-state index in [1.54, 1.807) is 0 Å². The fraction of sp³-hybridized carbons (Fsp3) is 0.657. The molecule has 0 bridgehead atoms. The highest BCUT2D eigenvalue weighted by atomic mass is 16.7. The first kappa shape index (κ1) is 27.6. The molecular formula is C35H50O3. The zero-order chi connectivity index (χ0) is 26.2. The Hall–Kier alpha value is -2.00. The van der Waals surface area contributed by atoms with E-state index in [1.807, 2.05) is 0 Å². The van der Waals surface area contributed by atoms with Gasteiger partial charge in [-0.05, 0) is 91.2 Å². The van der Waals surface area contributed by atoms with E-state index in [1.165, 1.54) is 88.2 Å². The lowest BCUT2D eigenvalue weighted by atomic mass is 9.65. The predicted molar refractivity (Wildman–Crippen MR) is 156 cm³/mol. The Labute approximate surface area is 231 Å². The third-order valence-electron chi connectivity index (χ3n) is 9.88. The van der Waals surface area contributed by atoms with Crippen LogP contribution in [0.25, 0.3) is 0 Å². The summed E-state index contributed by atoms with van der Waals surface area (Å²) in [5.41, 5.74) is 2.85. The van der Waals surface area contributed by atoms with Crippen LogP contribution >= 0.6 is 0 Å². The molecule has 3 saturated carbocycles. The van der Waals surface area contributed by atoms with Crippen LogP contribution in [0.15, 0.2) is 48.5 Å². The average Bonchev–Trinajstić information content (AvgIpc) is 2.99. The standard InChI is InChI=1S/C35H50O3/c1-3-26(2)27-16-22-32(23-17-27)38-35(34-15-9-13-30-12-7-8-14-33(30)34)37-25-24-36-31-20-18-29(19-21-31)28-10-5-4-6-11-28/h16-23,26,28,30,33-35H,3-15,24-25H2,1-2H3. The lowest BCUT2D eigenvalue weighted by Gasteiger charge is -2.44. The molecule has 0 aromatic heterocycles. The first-order chi connectivity index (χ1) is 18.7. The second kappa shape index (κ2) is 13.9. The van der Waals surface area contributed by atoms with E-state index in [0.717, 1.165) is 35.7 Å². The average molecular weight is 519 g/mol. The second-order valence-electron chi connectivity index (χ2n) is 12.3. The Morgan fingerprint density at radius 3 is 2.16 bits per heavy atom. The van der Waals surface area contributed by atoms with Crippen LogP contribution in [0.2, 0.25) is 0 Å². The van der Waals surface area contributed by atoms with Crippen molar-refractivity contribution in [3.8, 4) is 11.5 Å². The van der Waals surface area contributed by atoms with Crippen molar-refractivity contribution in [1.82, 2.24) is 0 Å². The maximum atomic E-state index is 6.63. The van der Waals surface area contributed by atoms with Gasteiger partial charge in [0.05, 0.1) is 6.61 Å². The Kier molecular flexibility index (Phi) is 10.1. The molecule has 3 aliphatic carbocycles. The van der Waals surface area contributed by atoms with Crippen LogP contribution in [0.1, 0.15) is 120 Å². The quantitative estimate of drug-likeness (QED) is 0.219. The summed E-state index contributed by atoms with van der Waals surface area (Å²) < 4.78 is 19.3. The van der Waals surface area contributed by atoms with Crippen molar-refractivity contribution in [1.29, 1.82) is 0 Å². The van der Waals surface area contributed by atoms with Crippen molar-refractivity contribution in [3.05, 3.63) is 59.7 Å². The molecule has 0 saturated heterocycles. The van der Waals surface area contributed by atoms with Gasteiger partial charge in [0.25, 0.3) is 0 Å². The van der Waals surface area contributed by atoms with Gasteiger partial charge >= 0.3 is 0 Å². The molecule has 5 unspecified atom stereocenters. The van der Waals surface area contributed by atoms with Crippen molar-refractivity contribution < 1.29 is 14.2 Å². The predicted octanol–water partition coefficient (Wildman–Crippen LogP) is 9.65. The van der Waals surface area contributed by atoms with Gasteiger partial charge in [-0.2, -0.15) is 0 Å². The third kappa shape index (κ3) is 7.14. The van der Waals surface area contributed by atoms with Gasteiger partial charge < -0.3 is 14.2 Å². The summed E-state index contributed by atoms with van der Waals surface area (Å²) in [6.07, 6.45) is 17.1. The lowest BCUT2D eigenvalue weighted by molar-refractivity contribution is -0.151. The summed E-state index contributed by atoms with van der Waals surface area (Å²) in [5.74, 6) is 5.23. The second-order valence-corrected chi connectivity index (χ2v) is 12.3. The summed E-state index contributed by atoms with van der Waals surface area (Å²) >= 11 is 0. The van der Waals surface area contributed by atoms with Crippen LogP contribution in [0.4, 0.5) is 0 Å². The highest BCUT2D eigenvalue weighted by Gasteiger charge is 2.40. The molecule has 0 amide bonds. The van der Waals surface area contributed by atoms with Crippen LogP contribution in [0, 0.1) is 17.8 Å². The van der Waals surface area contributed by atoms with Crippen molar-refractivity contribution in [2.75, 3.05) is 13.2 Å². The molecule has 3 fully saturated rings. The van der Waals surface area contributed by atoms with Crippen molar-refractivity contribution >= 4 is 0 Å². The molecule has 0 N–H and O–H groups in total. The maximum Gasteiger partial charge on any atom is 0.203 e. The van der Waals surface area contributed by atoms with E-state index >= 15 is 0 Å². The molecular weight excluding hydrogens is 468 g/mol. The Bertz CT molecular complexity index is 944. The van der Waals surface area contributed by atoms with Crippen LogP contribution in [-0.2, 0) is 4.74 Å². The number of hydrogen-bond donors (Lipinski definition) is 0. The Morgan fingerprint density at radius 2 is 1.39 bits per heavy atom. The minimum atomic E-state index is -0.201. The van der Waals surface area contributed by atoms with Crippen LogP contribution in [0.3, 0.4) is 0 Å². The molecule has 5 rings (SSSR count). The van der Waals surface area contributed by atoms with Gasteiger partial charge in [0.2, 0.25) is 6.29 Å². The van der Waals surface area contributed by atoms with E-state index in [2.05, 4.69) is 62.4 Å². The van der Waals surface area contributed by atoms with Crippen LogP contribution < -0.4 is 9.47 Å². The Morgan fingerprint density at radius 1 is 0.711 bits per heavy atom. The van der Waals surface area contributed by atoms with Gasteiger partial charge in [-0.25, -0.2) is 0 Å². The monoisotopic (exact) mass is 518 g/mol. The minimum absolute atomic E-state index is 0.201. The lowest BCUT2D eigenvalue weighted by Crippen LogP contribution is -2.42. The maximum absolute atomic E-state index is 6.63. The molecule has 3 aliphatic rings.